The van der Waals surface area contributed by atoms with E-state index in [-0.39, 0.29) is 24.5 Å². The molecule has 2 N–H and O–H groups in total. The standard InChI is InChI=1S/C17H30O6/c1-16(2,3)22-12-8-7-11(9-13(18)14(19)10-12)21-15(20)23-17(4,5)6/h7-8,11-14,18-19H,9-10H2,1-6H3/b8-7+. The van der Waals surface area contributed by atoms with Crippen LogP contribution >= 0.6 is 0 Å². The van der Waals surface area contributed by atoms with Gasteiger partial charge in [0.2, 0.25) is 0 Å². The van der Waals surface area contributed by atoms with Gasteiger partial charge in [-0.05, 0) is 47.6 Å². The van der Waals surface area contributed by atoms with Gasteiger partial charge < -0.3 is 24.4 Å². The van der Waals surface area contributed by atoms with Crippen LogP contribution in [0.25, 0.3) is 0 Å². The second kappa shape index (κ2) is 7.64. The third-order valence-electron chi connectivity index (χ3n) is 3.07. The Labute approximate surface area is 138 Å². The van der Waals surface area contributed by atoms with Gasteiger partial charge in [0.25, 0.3) is 0 Å². The fraction of sp³-hybridized carbons (Fsp3) is 0.824. The van der Waals surface area contributed by atoms with Crippen molar-refractivity contribution < 1.29 is 29.2 Å². The Balaban J connectivity index is 2.77. The van der Waals surface area contributed by atoms with Crippen LogP contribution in [0.5, 0.6) is 0 Å². The van der Waals surface area contributed by atoms with E-state index in [2.05, 4.69) is 0 Å². The topological polar surface area (TPSA) is 85.2 Å². The number of carbonyl (C=O) groups excluding carboxylic acids is 1. The monoisotopic (exact) mass is 330 g/mol. The number of hydrogen-bond donors (Lipinski definition) is 2. The zero-order valence-electron chi connectivity index (χ0n) is 14.9. The normalized spacial score (nSPS) is 31.0. The molecule has 134 valence electrons. The molecule has 1 aliphatic carbocycles. The molecule has 0 aromatic rings. The predicted molar refractivity (Wildman–Crippen MR) is 86.1 cm³/mol. The van der Waals surface area contributed by atoms with Crippen molar-refractivity contribution >= 4 is 6.16 Å². The summed E-state index contributed by atoms with van der Waals surface area (Å²) in [6.07, 6.45) is 0.0293. The molecule has 1 aliphatic rings. The van der Waals surface area contributed by atoms with Gasteiger partial charge in [-0.25, -0.2) is 4.79 Å². The molecule has 0 aliphatic heterocycles. The number of rotatable bonds is 2. The zero-order chi connectivity index (χ0) is 17.8. The Morgan fingerprint density at radius 1 is 0.913 bits per heavy atom. The first-order valence-corrected chi connectivity index (χ1v) is 7.97. The van der Waals surface area contributed by atoms with Crippen LogP contribution in [0.15, 0.2) is 12.2 Å². The van der Waals surface area contributed by atoms with Crippen LogP contribution in [-0.2, 0) is 14.2 Å². The maximum absolute atomic E-state index is 11.8. The van der Waals surface area contributed by atoms with Crippen molar-refractivity contribution in [1.82, 2.24) is 0 Å². The van der Waals surface area contributed by atoms with E-state index < -0.39 is 30.1 Å². The summed E-state index contributed by atoms with van der Waals surface area (Å²) in [5, 5.41) is 20.1. The zero-order valence-corrected chi connectivity index (χ0v) is 14.9. The molecule has 0 heterocycles. The van der Waals surface area contributed by atoms with E-state index in [0.29, 0.717) is 0 Å². The SMILES string of the molecule is CC(C)(C)OC(=O)OC1/C=C/C(OC(C)(C)C)CC(O)C(O)C1. The molecule has 23 heavy (non-hydrogen) atoms. The molecular formula is C17H30O6. The number of hydrogen-bond acceptors (Lipinski definition) is 6. The molecule has 0 amide bonds. The van der Waals surface area contributed by atoms with Gasteiger partial charge in [0.1, 0.15) is 11.7 Å². The Morgan fingerprint density at radius 2 is 1.39 bits per heavy atom. The molecule has 0 aromatic carbocycles. The fourth-order valence-electron chi connectivity index (χ4n) is 2.22. The quantitative estimate of drug-likeness (QED) is 0.598. The molecule has 1 rings (SSSR count). The first-order valence-electron chi connectivity index (χ1n) is 7.97. The van der Waals surface area contributed by atoms with Crippen LogP contribution in [0.1, 0.15) is 54.4 Å². The largest absolute Gasteiger partial charge is 0.509 e. The number of aliphatic hydroxyl groups is 2. The summed E-state index contributed by atoms with van der Waals surface area (Å²) < 4.78 is 16.2. The van der Waals surface area contributed by atoms with E-state index in [9.17, 15) is 15.0 Å². The average Bonchev–Trinajstić information content (AvgIpc) is 2.29. The maximum Gasteiger partial charge on any atom is 0.509 e. The number of ether oxygens (including phenoxy) is 3. The molecule has 6 nitrogen and oxygen atoms in total. The molecule has 0 fully saturated rings. The van der Waals surface area contributed by atoms with E-state index in [4.69, 9.17) is 14.2 Å². The van der Waals surface area contributed by atoms with Crippen molar-refractivity contribution in [3.63, 3.8) is 0 Å². The minimum Gasteiger partial charge on any atom is -0.429 e. The minimum atomic E-state index is -1.00. The van der Waals surface area contributed by atoms with Gasteiger partial charge in [-0.3, -0.25) is 0 Å². The average molecular weight is 330 g/mol. The van der Waals surface area contributed by atoms with E-state index in [1.54, 1.807) is 32.9 Å². The summed E-state index contributed by atoms with van der Waals surface area (Å²) in [6, 6.07) is 0. The van der Waals surface area contributed by atoms with Crippen LogP contribution in [0.3, 0.4) is 0 Å². The summed E-state index contributed by atoms with van der Waals surface area (Å²) in [4.78, 5) is 11.8. The highest BCUT2D eigenvalue weighted by atomic mass is 16.7. The van der Waals surface area contributed by atoms with Crippen molar-refractivity contribution in [1.29, 1.82) is 0 Å². The lowest BCUT2D eigenvalue weighted by atomic mass is 9.96. The second-order valence-electron chi connectivity index (χ2n) is 7.88. The number of aliphatic hydroxyl groups excluding tert-OH is 2. The van der Waals surface area contributed by atoms with Gasteiger partial charge in [-0.2, -0.15) is 0 Å². The molecule has 4 unspecified atom stereocenters. The van der Waals surface area contributed by atoms with Gasteiger partial charge in [-0.1, -0.05) is 6.08 Å². The molecule has 6 heteroatoms. The third-order valence-corrected chi connectivity index (χ3v) is 3.07. The van der Waals surface area contributed by atoms with E-state index in [1.807, 2.05) is 20.8 Å². The van der Waals surface area contributed by atoms with Crippen LogP contribution < -0.4 is 0 Å². The lowest BCUT2D eigenvalue weighted by Gasteiger charge is -2.31. The van der Waals surface area contributed by atoms with Gasteiger partial charge in [0, 0.05) is 12.8 Å². The summed E-state index contributed by atoms with van der Waals surface area (Å²) in [5.74, 6) is 0. The molecule has 0 bridgehead atoms. The van der Waals surface area contributed by atoms with Gasteiger partial charge in [0.15, 0.2) is 0 Å². The Hall–Kier alpha value is -1.11. The van der Waals surface area contributed by atoms with E-state index in [0.717, 1.165) is 0 Å². The number of carbonyl (C=O) groups is 1. The van der Waals surface area contributed by atoms with Crippen LogP contribution in [0.2, 0.25) is 0 Å². The summed E-state index contributed by atoms with van der Waals surface area (Å²) in [6.45, 7) is 11.0. The van der Waals surface area contributed by atoms with Crippen molar-refractivity contribution in [2.24, 2.45) is 0 Å². The summed E-state index contributed by atoms with van der Waals surface area (Å²) in [5.41, 5.74) is -1.04. The first-order chi connectivity index (χ1) is 10.4. The Morgan fingerprint density at radius 3 is 1.87 bits per heavy atom. The molecule has 0 saturated heterocycles. The highest BCUT2D eigenvalue weighted by Gasteiger charge is 2.30. The maximum atomic E-state index is 11.8. The minimum absolute atomic E-state index is 0.110. The highest BCUT2D eigenvalue weighted by Crippen LogP contribution is 2.22. The summed E-state index contributed by atoms with van der Waals surface area (Å²) >= 11 is 0. The van der Waals surface area contributed by atoms with Crippen LogP contribution in [0.4, 0.5) is 4.79 Å². The lowest BCUT2D eigenvalue weighted by Crippen LogP contribution is -2.38. The molecule has 0 aromatic heterocycles. The fourth-order valence-corrected chi connectivity index (χ4v) is 2.22. The van der Waals surface area contributed by atoms with Gasteiger partial charge in [0.05, 0.1) is 23.9 Å². The highest BCUT2D eigenvalue weighted by molar-refractivity contribution is 5.61. The summed E-state index contributed by atoms with van der Waals surface area (Å²) in [7, 11) is 0. The van der Waals surface area contributed by atoms with Gasteiger partial charge >= 0.3 is 6.16 Å². The van der Waals surface area contributed by atoms with Crippen LogP contribution in [0, 0.1) is 0 Å². The Bertz CT molecular complexity index is 418. The molecule has 4 atom stereocenters. The van der Waals surface area contributed by atoms with Crippen molar-refractivity contribution in [3.8, 4) is 0 Å². The smallest absolute Gasteiger partial charge is 0.429 e. The molecule has 0 saturated carbocycles. The predicted octanol–water partition coefficient (Wildman–Crippen LogP) is 2.56. The molecule has 0 spiro atoms. The molecule has 0 radical (unpaired) electrons. The lowest BCUT2D eigenvalue weighted by molar-refractivity contribution is -0.0847. The van der Waals surface area contributed by atoms with E-state index in [1.165, 1.54) is 0 Å². The Kier molecular flexibility index (Phi) is 6.62. The van der Waals surface area contributed by atoms with Crippen LogP contribution in [-0.4, -0.2) is 52.0 Å². The van der Waals surface area contributed by atoms with E-state index >= 15 is 0 Å². The first kappa shape index (κ1) is 19.9. The van der Waals surface area contributed by atoms with Crippen molar-refractivity contribution in [3.05, 3.63) is 12.2 Å². The second-order valence-corrected chi connectivity index (χ2v) is 7.88. The van der Waals surface area contributed by atoms with Crippen molar-refractivity contribution in [2.45, 2.75) is 90.0 Å². The molecular weight excluding hydrogens is 300 g/mol. The third kappa shape index (κ3) is 8.34. The van der Waals surface area contributed by atoms with Gasteiger partial charge in [-0.15, -0.1) is 0 Å². The van der Waals surface area contributed by atoms with Crippen molar-refractivity contribution in [2.75, 3.05) is 0 Å².